The quantitative estimate of drug-likeness (QED) is 0.835. The predicted molar refractivity (Wildman–Crippen MR) is 92.6 cm³/mol. The van der Waals surface area contributed by atoms with Crippen LogP contribution in [0.2, 0.25) is 5.02 Å². The van der Waals surface area contributed by atoms with Crippen molar-refractivity contribution in [2.24, 2.45) is 0 Å². The summed E-state index contributed by atoms with van der Waals surface area (Å²) in [6.07, 6.45) is 0.760. The molecule has 1 aromatic carbocycles. The van der Waals surface area contributed by atoms with Crippen LogP contribution in [0.5, 0.6) is 0 Å². The van der Waals surface area contributed by atoms with Crippen LogP contribution >= 0.6 is 11.6 Å². The van der Waals surface area contributed by atoms with Gasteiger partial charge in [-0.3, -0.25) is 0 Å². The number of anilines is 2. The van der Waals surface area contributed by atoms with E-state index in [-0.39, 0.29) is 12.1 Å². The molecular formula is C16H24ClN3O3. The normalized spacial score (nSPS) is 16.0. The van der Waals surface area contributed by atoms with Gasteiger partial charge in [-0.25, -0.2) is 4.79 Å². The van der Waals surface area contributed by atoms with Crippen LogP contribution in [0.4, 0.5) is 16.2 Å². The molecule has 0 unspecified atom stereocenters. The Morgan fingerprint density at radius 1 is 1.43 bits per heavy atom. The number of carbonyl (C=O) groups is 1. The molecule has 1 aliphatic heterocycles. The molecule has 7 heteroatoms. The summed E-state index contributed by atoms with van der Waals surface area (Å²) in [5.74, 6) is 0. The minimum atomic E-state index is -0.245. The maximum Gasteiger partial charge on any atom is 0.319 e. The zero-order valence-corrected chi connectivity index (χ0v) is 14.4. The Balaban J connectivity index is 2.02. The first-order valence-corrected chi connectivity index (χ1v) is 8.16. The average molecular weight is 342 g/mol. The zero-order valence-electron chi connectivity index (χ0n) is 13.6. The fraction of sp³-hybridized carbons (Fsp3) is 0.562. The number of urea groups is 1. The lowest BCUT2D eigenvalue weighted by molar-refractivity contribution is 0.123. The maximum atomic E-state index is 12.2. The van der Waals surface area contributed by atoms with Crippen LogP contribution in [-0.2, 0) is 9.47 Å². The van der Waals surface area contributed by atoms with Crippen LogP contribution in [-0.4, -0.2) is 52.1 Å². The minimum absolute atomic E-state index is 0.0287. The van der Waals surface area contributed by atoms with Gasteiger partial charge in [0.2, 0.25) is 0 Å². The van der Waals surface area contributed by atoms with Gasteiger partial charge in [-0.05, 0) is 31.5 Å². The lowest BCUT2D eigenvalue weighted by Gasteiger charge is -2.30. The Bertz CT molecular complexity index is 521. The number of nitrogens with one attached hydrogen (secondary N) is 2. The second kappa shape index (κ2) is 8.96. The summed E-state index contributed by atoms with van der Waals surface area (Å²) >= 11 is 6.08. The molecule has 2 N–H and O–H groups in total. The van der Waals surface area contributed by atoms with E-state index in [9.17, 15) is 4.79 Å². The van der Waals surface area contributed by atoms with Gasteiger partial charge in [0.1, 0.15) is 0 Å². The highest BCUT2D eigenvalue weighted by molar-refractivity contribution is 6.31. The Morgan fingerprint density at radius 3 is 2.87 bits per heavy atom. The van der Waals surface area contributed by atoms with Gasteiger partial charge < -0.3 is 25.0 Å². The molecule has 128 valence electrons. The highest BCUT2D eigenvalue weighted by Crippen LogP contribution is 2.29. The Labute approximate surface area is 142 Å². The van der Waals surface area contributed by atoms with Gasteiger partial charge in [-0.1, -0.05) is 11.6 Å². The SMILES string of the molecule is COCC[C@H](C)NC(=O)Nc1cc(Cl)ccc1N1CCOCC1. The van der Waals surface area contributed by atoms with E-state index in [0.717, 1.165) is 25.2 Å². The topological polar surface area (TPSA) is 62.8 Å². The Morgan fingerprint density at radius 2 is 2.17 bits per heavy atom. The third-order valence-corrected chi connectivity index (χ3v) is 3.93. The monoisotopic (exact) mass is 341 g/mol. The van der Waals surface area contributed by atoms with Crippen molar-refractivity contribution in [3.8, 4) is 0 Å². The van der Waals surface area contributed by atoms with E-state index in [1.165, 1.54) is 0 Å². The van der Waals surface area contributed by atoms with Gasteiger partial charge in [0, 0.05) is 37.9 Å². The summed E-state index contributed by atoms with van der Waals surface area (Å²) in [6.45, 7) is 5.51. The van der Waals surface area contributed by atoms with Crippen LogP contribution in [0.1, 0.15) is 13.3 Å². The second-order valence-electron chi connectivity index (χ2n) is 5.54. The number of hydrogen-bond acceptors (Lipinski definition) is 4. The molecule has 1 atom stereocenters. The van der Waals surface area contributed by atoms with Gasteiger partial charge in [-0.2, -0.15) is 0 Å². The smallest absolute Gasteiger partial charge is 0.319 e. The summed E-state index contributed by atoms with van der Waals surface area (Å²) in [5.41, 5.74) is 1.66. The summed E-state index contributed by atoms with van der Waals surface area (Å²) in [4.78, 5) is 14.4. The van der Waals surface area contributed by atoms with Gasteiger partial charge >= 0.3 is 6.03 Å². The Kier molecular flexibility index (Phi) is 6.95. The lowest BCUT2D eigenvalue weighted by Crippen LogP contribution is -2.39. The zero-order chi connectivity index (χ0) is 16.7. The van der Waals surface area contributed by atoms with E-state index >= 15 is 0 Å². The number of ether oxygens (including phenoxy) is 2. The van der Waals surface area contributed by atoms with E-state index in [1.807, 2.05) is 19.1 Å². The number of rotatable bonds is 6. The van der Waals surface area contributed by atoms with Gasteiger partial charge in [0.25, 0.3) is 0 Å². The van der Waals surface area contributed by atoms with Gasteiger partial charge in [0.15, 0.2) is 0 Å². The molecule has 0 spiro atoms. The molecule has 0 bridgehead atoms. The molecular weight excluding hydrogens is 318 g/mol. The van der Waals surface area contributed by atoms with E-state index < -0.39 is 0 Å². The fourth-order valence-electron chi connectivity index (χ4n) is 2.44. The van der Waals surface area contributed by atoms with E-state index in [1.54, 1.807) is 13.2 Å². The molecule has 1 saturated heterocycles. The minimum Gasteiger partial charge on any atom is -0.385 e. The average Bonchev–Trinajstić information content (AvgIpc) is 2.53. The van der Waals surface area contributed by atoms with Crippen LogP contribution < -0.4 is 15.5 Å². The van der Waals surface area contributed by atoms with Crippen molar-refractivity contribution >= 4 is 29.0 Å². The van der Waals surface area contributed by atoms with Crippen molar-refractivity contribution in [1.29, 1.82) is 0 Å². The lowest BCUT2D eigenvalue weighted by atomic mass is 10.2. The first-order chi connectivity index (χ1) is 11.1. The fourth-order valence-corrected chi connectivity index (χ4v) is 2.61. The molecule has 1 aliphatic rings. The summed E-state index contributed by atoms with van der Waals surface area (Å²) < 4.78 is 10.4. The maximum absolute atomic E-state index is 12.2. The van der Waals surface area contributed by atoms with Crippen molar-refractivity contribution in [3.63, 3.8) is 0 Å². The summed E-state index contributed by atoms with van der Waals surface area (Å²) in [7, 11) is 1.65. The summed E-state index contributed by atoms with van der Waals surface area (Å²) in [5, 5.41) is 6.38. The third kappa shape index (κ3) is 5.57. The van der Waals surface area contributed by atoms with E-state index in [4.69, 9.17) is 21.1 Å². The second-order valence-corrected chi connectivity index (χ2v) is 5.98. The van der Waals surface area contributed by atoms with Crippen LogP contribution in [0.25, 0.3) is 0 Å². The summed E-state index contributed by atoms with van der Waals surface area (Å²) in [6, 6.07) is 5.31. The first-order valence-electron chi connectivity index (χ1n) is 7.79. The Hall–Kier alpha value is -1.50. The highest BCUT2D eigenvalue weighted by Gasteiger charge is 2.17. The highest BCUT2D eigenvalue weighted by atomic mass is 35.5. The third-order valence-electron chi connectivity index (χ3n) is 3.69. The molecule has 2 amide bonds. The van der Waals surface area contributed by atoms with Crippen molar-refractivity contribution in [2.75, 3.05) is 50.2 Å². The van der Waals surface area contributed by atoms with Gasteiger partial charge in [-0.15, -0.1) is 0 Å². The number of carbonyl (C=O) groups excluding carboxylic acids is 1. The van der Waals surface area contributed by atoms with Crippen molar-refractivity contribution in [3.05, 3.63) is 23.2 Å². The molecule has 2 rings (SSSR count). The molecule has 0 saturated carbocycles. The van der Waals surface area contributed by atoms with Crippen molar-refractivity contribution in [2.45, 2.75) is 19.4 Å². The van der Waals surface area contributed by atoms with Crippen LogP contribution in [0, 0.1) is 0 Å². The molecule has 0 aliphatic carbocycles. The molecule has 1 fully saturated rings. The van der Waals surface area contributed by atoms with Crippen molar-refractivity contribution < 1.29 is 14.3 Å². The number of benzene rings is 1. The number of halogens is 1. The van der Waals surface area contributed by atoms with Crippen LogP contribution in [0.3, 0.4) is 0 Å². The molecule has 6 nitrogen and oxygen atoms in total. The molecule has 0 radical (unpaired) electrons. The molecule has 0 aromatic heterocycles. The number of methoxy groups -OCH3 is 1. The number of amides is 2. The van der Waals surface area contributed by atoms with Gasteiger partial charge in [0.05, 0.1) is 24.6 Å². The molecule has 23 heavy (non-hydrogen) atoms. The predicted octanol–water partition coefficient (Wildman–Crippen LogP) is 2.72. The standard InChI is InChI=1S/C16H24ClN3O3/c1-12(5-8-22-2)18-16(21)19-14-11-13(17)3-4-15(14)20-6-9-23-10-7-20/h3-4,11-12H,5-10H2,1-2H3,(H2,18,19,21)/t12-/m0/s1. The molecule has 1 heterocycles. The van der Waals surface area contributed by atoms with Crippen LogP contribution in [0.15, 0.2) is 18.2 Å². The molecule has 1 aromatic rings. The van der Waals surface area contributed by atoms with E-state index in [0.29, 0.717) is 30.5 Å². The largest absolute Gasteiger partial charge is 0.385 e. The van der Waals surface area contributed by atoms with Crippen molar-refractivity contribution in [1.82, 2.24) is 5.32 Å². The number of morpholine rings is 1. The van der Waals surface area contributed by atoms with E-state index in [2.05, 4.69) is 15.5 Å². The number of hydrogen-bond donors (Lipinski definition) is 2. The first kappa shape index (κ1) is 17.8. The number of nitrogens with zero attached hydrogens (tertiary/aromatic N) is 1.